The fourth-order valence-electron chi connectivity index (χ4n) is 5.57. The van der Waals surface area contributed by atoms with Gasteiger partial charge in [-0.2, -0.15) is 0 Å². The number of anilines is 1. The van der Waals surface area contributed by atoms with Gasteiger partial charge in [-0.1, -0.05) is 19.4 Å². The number of halogens is 1. The summed E-state index contributed by atoms with van der Waals surface area (Å²) in [5, 5.41) is 11.5. The van der Waals surface area contributed by atoms with E-state index in [0.29, 0.717) is 57.8 Å². The number of aliphatic hydroxyl groups is 1. The van der Waals surface area contributed by atoms with E-state index in [0.717, 1.165) is 35.1 Å². The highest BCUT2D eigenvalue weighted by Crippen LogP contribution is 2.41. The molecule has 2 aromatic rings. The van der Waals surface area contributed by atoms with E-state index in [9.17, 15) is 9.90 Å². The predicted molar refractivity (Wildman–Crippen MR) is 147 cm³/mol. The van der Waals surface area contributed by atoms with E-state index in [1.165, 1.54) is 6.07 Å². The maximum absolute atomic E-state index is 15.2. The first-order valence-corrected chi connectivity index (χ1v) is 14.0. The first-order valence-electron chi connectivity index (χ1n) is 14.0. The van der Waals surface area contributed by atoms with Crippen molar-refractivity contribution in [3.8, 4) is 5.75 Å². The maximum Gasteiger partial charge on any atom is 0.410 e. The lowest BCUT2D eigenvalue weighted by Crippen LogP contribution is -2.53. The second kappa shape index (κ2) is 10.8. The summed E-state index contributed by atoms with van der Waals surface area (Å²) in [5.74, 6) is 0.498. The largest absolute Gasteiger partial charge is 0.484 e. The normalized spacial score (nSPS) is 20.8. The van der Waals surface area contributed by atoms with Crippen LogP contribution in [0.1, 0.15) is 70.1 Å². The standard InChI is InChI=1S/C30H39FN4O4/c1-5-6-20-18-32-27(33-19-20)34-13-9-30(37,10-14-34)25-17-23-15-22(16-24(31)26(23)38-25)21-7-11-35(12-8-21)28(36)39-29(2,3)4/h7,15-16,18-19,25,37H,5-6,8-14,17H2,1-4H3. The second-order valence-corrected chi connectivity index (χ2v) is 11.9. The number of piperidine rings is 1. The monoisotopic (exact) mass is 538 g/mol. The molecule has 8 nitrogen and oxygen atoms in total. The van der Waals surface area contributed by atoms with E-state index in [1.807, 2.05) is 45.3 Å². The van der Waals surface area contributed by atoms with Crippen molar-refractivity contribution in [3.63, 3.8) is 0 Å². The predicted octanol–water partition coefficient (Wildman–Crippen LogP) is 4.93. The number of hydrogen-bond donors (Lipinski definition) is 1. The number of nitrogens with zero attached hydrogens (tertiary/aromatic N) is 4. The fourth-order valence-corrected chi connectivity index (χ4v) is 5.57. The Hall–Kier alpha value is -3.20. The van der Waals surface area contributed by atoms with Crippen LogP contribution in [-0.4, -0.2) is 69.6 Å². The first kappa shape index (κ1) is 27.4. The number of aromatic nitrogens is 2. The van der Waals surface area contributed by atoms with Gasteiger partial charge in [0.2, 0.25) is 5.95 Å². The Morgan fingerprint density at radius 3 is 2.54 bits per heavy atom. The van der Waals surface area contributed by atoms with Crippen molar-refractivity contribution in [1.29, 1.82) is 0 Å². The molecule has 9 heteroatoms. The molecule has 5 rings (SSSR count). The van der Waals surface area contributed by atoms with Gasteiger partial charge in [0.15, 0.2) is 11.6 Å². The zero-order chi connectivity index (χ0) is 27.8. The van der Waals surface area contributed by atoms with E-state index in [-0.39, 0.29) is 11.8 Å². The topological polar surface area (TPSA) is 88.0 Å². The molecule has 1 amide bonds. The molecule has 0 aliphatic carbocycles. The maximum atomic E-state index is 15.2. The molecule has 0 spiro atoms. The molecule has 1 atom stereocenters. The minimum absolute atomic E-state index is 0.237. The Kier molecular flexibility index (Phi) is 7.55. The van der Waals surface area contributed by atoms with E-state index in [1.54, 1.807) is 4.90 Å². The van der Waals surface area contributed by atoms with Crippen molar-refractivity contribution in [2.45, 2.75) is 83.5 Å². The van der Waals surface area contributed by atoms with Gasteiger partial charge in [-0.3, -0.25) is 0 Å². The molecule has 1 fully saturated rings. The van der Waals surface area contributed by atoms with Crippen LogP contribution in [0.25, 0.3) is 5.57 Å². The van der Waals surface area contributed by atoms with Gasteiger partial charge in [0.1, 0.15) is 17.3 Å². The molecule has 0 saturated carbocycles. The number of amides is 1. The van der Waals surface area contributed by atoms with Gasteiger partial charge in [-0.05, 0) is 75.3 Å². The highest BCUT2D eigenvalue weighted by Gasteiger charge is 2.45. The van der Waals surface area contributed by atoms with Crippen LogP contribution in [-0.2, 0) is 17.6 Å². The highest BCUT2D eigenvalue weighted by molar-refractivity contribution is 5.73. The highest BCUT2D eigenvalue weighted by atomic mass is 19.1. The second-order valence-electron chi connectivity index (χ2n) is 11.9. The summed E-state index contributed by atoms with van der Waals surface area (Å²) in [4.78, 5) is 25.1. The van der Waals surface area contributed by atoms with Crippen LogP contribution in [0.4, 0.5) is 15.1 Å². The Morgan fingerprint density at radius 2 is 1.92 bits per heavy atom. The van der Waals surface area contributed by atoms with Gasteiger partial charge in [-0.15, -0.1) is 0 Å². The van der Waals surface area contributed by atoms with Crippen molar-refractivity contribution in [2.24, 2.45) is 0 Å². The molecule has 3 aliphatic heterocycles. The molecule has 3 aliphatic rings. The lowest BCUT2D eigenvalue weighted by atomic mass is 9.84. The summed E-state index contributed by atoms with van der Waals surface area (Å²) in [6.07, 6.45) is 8.93. The van der Waals surface area contributed by atoms with Gasteiger partial charge in [-0.25, -0.2) is 19.2 Å². The third-order valence-electron chi connectivity index (χ3n) is 7.76. The van der Waals surface area contributed by atoms with Gasteiger partial charge >= 0.3 is 6.09 Å². The Balaban J connectivity index is 1.22. The SMILES string of the molecule is CCCc1cnc(N2CCC(O)(C3Cc4cc(C5=CCN(C(=O)OC(C)(C)C)CC5)cc(F)c4O3)CC2)nc1. The van der Waals surface area contributed by atoms with E-state index < -0.39 is 23.1 Å². The van der Waals surface area contributed by atoms with Crippen molar-refractivity contribution in [1.82, 2.24) is 14.9 Å². The number of rotatable bonds is 5. The van der Waals surface area contributed by atoms with Gasteiger partial charge in [0.25, 0.3) is 0 Å². The smallest absolute Gasteiger partial charge is 0.410 e. The number of carbonyl (C=O) groups is 1. The molecule has 1 aromatic heterocycles. The average molecular weight is 539 g/mol. The molecule has 4 heterocycles. The molecule has 210 valence electrons. The summed E-state index contributed by atoms with van der Waals surface area (Å²) < 4.78 is 26.7. The molecule has 1 saturated heterocycles. The minimum Gasteiger partial charge on any atom is -0.484 e. The number of ether oxygens (including phenoxy) is 2. The summed E-state index contributed by atoms with van der Waals surface area (Å²) in [6, 6.07) is 3.47. The molecule has 1 unspecified atom stereocenters. The summed E-state index contributed by atoms with van der Waals surface area (Å²) >= 11 is 0. The Morgan fingerprint density at radius 1 is 1.21 bits per heavy atom. The van der Waals surface area contributed by atoms with Crippen molar-refractivity contribution < 1.29 is 23.8 Å². The van der Waals surface area contributed by atoms with Crippen LogP contribution in [0.3, 0.4) is 0 Å². The molecule has 0 bridgehead atoms. The summed E-state index contributed by atoms with van der Waals surface area (Å²) in [7, 11) is 0. The molecule has 39 heavy (non-hydrogen) atoms. The van der Waals surface area contributed by atoms with E-state index in [2.05, 4.69) is 21.8 Å². The van der Waals surface area contributed by atoms with Crippen LogP contribution in [0.15, 0.2) is 30.6 Å². The van der Waals surface area contributed by atoms with Crippen molar-refractivity contribution in [3.05, 3.63) is 53.1 Å². The number of benzene rings is 1. The van der Waals surface area contributed by atoms with Crippen molar-refractivity contribution in [2.75, 3.05) is 31.1 Å². The zero-order valence-electron chi connectivity index (χ0n) is 23.4. The van der Waals surface area contributed by atoms with E-state index >= 15 is 4.39 Å². The first-order chi connectivity index (χ1) is 18.5. The van der Waals surface area contributed by atoms with Gasteiger partial charge < -0.3 is 24.4 Å². The quantitative estimate of drug-likeness (QED) is 0.578. The fraction of sp³-hybridized carbons (Fsp3) is 0.567. The lowest BCUT2D eigenvalue weighted by molar-refractivity contribution is -0.0696. The van der Waals surface area contributed by atoms with E-state index in [4.69, 9.17) is 9.47 Å². The number of aryl methyl sites for hydroxylation is 1. The minimum atomic E-state index is -1.05. The van der Waals surface area contributed by atoms with Crippen LogP contribution in [0.2, 0.25) is 0 Å². The number of carbonyl (C=O) groups excluding carboxylic acids is 1. The Labute approximate surface area is 229 Å². The van der Waals surface area contributed by atoms with Gasteiger partial charge in [0.05, 0.1) is 0 Å². The summed E-state index contributed by atoms with van der Waals surface area (Å²) in [6.45, 7) is 9.81. The third kappa shape index (κ3) is 6.03. The zero-order valence-corrected chi connectivity index (χ0v) is 23.4. The lowest BCUT2D eigenvalue weighted by Gasteiger charge is -2.41. The van der Waals surface area contributed by atoms with Crippen LogP contribution >= 0.6 is 0 Å². The molecule has 1 N–H and O–H groups in total. The van der Waals surface area contributed by atoms with Crippen LogP contribution < -0.4 is 9.64 Å². The molecular formula is C30H39FN4O4. The van der Waals surface area contributed by atoms with Crippen molar-refractivity contribution >= 4 is 17.6 Å². The Bertz CT molecular complexity index is 1230. The van der Waals surface area contributed by atoms with Crippen LogP contribution in [0.5, 0.6) is 5.75 Å². The molecule has 1 aromatic carbocycles. The third-order valence-corrected chi connectivity index (χ3v) is 7.76. The van der Waals surface area contributed by atoms with Crippen LogP contribution in [0, 0.1) is 5.82 Å². The molecular weight excluding hydrogens is 499 g/mol. The average Bonchev–Trinajstić information content (AvgIpc) is 3.35. The molecule has 0 radical (unpaired) electrons. The number of fused-ring (bicyclic) bond motifs is 1. The summed E-state index contributed by atoms with van der Waals surface area (Å²) in [5.41, 5.74) is 2.09. The van der Waals surface area contributed by atoms with Gasteiger partial charge in [0, 0.05) is 50.6 Å². The number of hydrogen-bond acceptors (Lipinski definition) is 7.